The van der Waals surface area contributed by atoms with Gasteiger partial charge < -0.3 is 9.13 Å². The minimum Gasteiger partial charge on any atom is -0.320 e. The number of hydrogen-bond acceptors (Lipinski definition) is 1. The van der Waals surface area contributed by atoms with Gasteiger partial charge in [0, 0.05) is 26.4 Å². The van der Waals surface area contributed by atoms with E-state index in [1.54, 1.807) is 0 Å². The monoisotopic (exact) mass is 229 g/mol. The maximum Gasteiger partial charge on any atom is 0.245 e. The van der Waals surface area contributed by atoms with Crippen LogP contribution in [0.15, 0.2) is 47.7 Å². The van der Waals surface area contributed by atoms with Crippen LogP contribution < -0.4 is 5.62 Å². The number of benzene rings is 1. The van der Waals surface area contributed by atoms with Crippen LogP contribution >= 0.6 is 0 Å². The van der Waals surface area contributed by atoms with Gasteiger partial charge in [-0.1, -0.05) is 30.3 Å². The summed E-state index contributed by atoms with van der Waals surface area (Å²) in [6, 6.07) is 10.1. The first-order valence-electron chi connectivity index (χ1n) is 5.48. The van der Waals surface area contributed by atoms with Crippen molar-refractivity contribution in [1.29, 1.82) is 0 Å². The van der Waals surface area contributed by atoms with E-state index < -0.39 is 0 Å². The maximum atomic E-state index is 11.1. The van der Waals surface area contributed by atoms with E-state index in [1.165, 1.54) is 12.5 Å². The van der Waals surface area contributed by atoms with Gasteiger partial charge in [0.05, 0.1) is 6.54 Å². The van der Waals surface area contributed by atoms with Gasteiger partial charge in [0.15, 0.2) is 0 Å². The van der Waals surface area contributed by atoms with Crippen LogP contribution in [0.1, 0.15) is 12.5 Å². The standard InChI is InChI=1S/C13H15N3O/c1-11(17)14-13-15(2)8-9-16(13)10-12-6-4-3-5-7-12/h3-9H,10H2,1-2H3. The third-order valence-electron chi connectivity index (χ3n) is 2.50. The summed E-state index contributed by atoms with van der Waals surface area (Å²) in [5.41, 5.74) is 1.85. The van der Waals surface area contributed by atoms with Gasteiger partial charge in [-0.2, -0.15) is 4.99 Å². The van der Waals surface area contributed by atoms with Crippen LogP contribution in [0.4, 0.5) is 0 Å². The topological polar surface area (TPSA) is 39.3 Å². The van der Waals surface area contributed by atoms with Crippen molar-refractivity contribution in [3.05, 3.63) is 53.9 Å². The molecule has 0 bridgehead atoms. The van der Waals surface area contributed by atoms with Crippen molar-refractivity contribution in [1.82, 2.24) is 9.13 Å². The number of imidazole rings is 1. The maximum absolute atomic E-state index is 11.1. The molecule has 88 valence electrons. The van der Waals surface area contributed by atoms with Crippen LogP contribution in [0.5, 0.6) is 0 Å². The highest BCUT2D eigenvalue weighted by atomic mass is 16.1. The van der Waals surface area contributed by atoms with Gasteiger partial charge in [0.1, 0.15) is 0 Å². The van der Waals surface area contributed by atoms with E-state index in [0.29, 0.717) is 12.2 Å². The van der Waals surface area contributed by atoms with E-state index in [0.717, 1.165) is 0 Å². The minimum absolute atomic E-state index is 0.186. The number of carbonyl (C=O) groups excluding carboxylic acids is 1. The Hall–Kier alpha value is -2.10. The zero-order chi connectivity index (χ0) is 12.3. The smallest absolute Gasteiger partial charge is 0.245 e. The third kappa shape index (κ3) is 2.72. The van der Waals surface area contributed by atoms with Crippen LogP contribution in [0, 0.1) is 0 Å². The molecular formula is C13H15N3O. The van der Waals surface area contributed by atoms with Crippen molar-refractivity contribution in [3.8, 4) is 0 Å². The average Bonchev–Trinajstić information content (AvgIpc) is 2.62. The molecule has 0 atom stereocenters. The summed E-state index contributed by atoms with van der Waals surface area (Å²) in [4.78, 5) is 15.1. The molecular weight excluding hydrogens is 214 g/mol. The molecule has 0 saturated carbocycles. The van der Waals surface area contributed by atoms with Gasteiger partial charge in [0.25, 0.3) is 0 Å². The number of hydrogen-bond donors (Lipinski definition) is 0. The predicted molar refractivity (Wildman–Crippen MR) is 65.2 cm³/mol. The molecule has 1 aromatic heterocycles. The third-order valence-corrected chi connectivity index (χ3v) is 2.50. The Morgan fingerprint density at radius 1 is 1.24 bits per heavy atom. The lowest BCUT2D eigenvalue weighted by molar-refractivity contribution is -0.116. The fourth-order valence-electron chi connectivity index (χ4n) is 1.70. The number of carbonyl (C=O) groups is 1. The molecule has 0 aliphatic heterocycles. The molecule has 1 aromatic carbocycles. The fraction of sp³-hybridized carbons (Fsp3) is 0.231. The molecule has 0 fully saturated rings. The van der Waals surface area contributed by atoms with Crippen molar-refractivity contribution in [2.24, 2.45) is 12.0 Å². The van der Waals surface area contributed by atoms with Crippen molar-refractivity contribution < 1.29 is 4.79 Å². The molecule has 0 aliphatic carbocycles. The van der Waals surface area contributed by atoms with Crippen LogP contribution in [-0.4, -0.2) is 15.0 Å². The number of nitrogens with zero attached hydrogens (tertiary/aromatic N) is 3. The molecule has 2 rings (SSSR count). The summed E-state index contributed by atoms with van der Waals surface area (Å²) in [6.07, 6.45) is 3.82. The van der Waals surface area contributed by atoms with Gasteiger partial charge in [0.2, 0.25) is 11.5 Å². The van der Waals surface area contributed by atoms with E-state index in [9.17, 15) is 4.79 Å². The molecule has 0 N–H and O–H groups in total. The first-order valence-corrected chi connectivity index (χ1v) is 5.48. The molecule has 4 nitrogen and oxygen atoms in total. The normalized spacial score (nSPS) is 11.8. The molecule has 0 radical (unpaired) electrons. The minimum atomic E-state index is -0.186. The predicted octanol–water partition coefficient (Wildman–Crippen LogP) is 1.32. The van der Waals surface area contributed by atoms with Gasteiger partial charge in [-0.15, -0.1) is 0 Å². The highest BCUT2D eigenvalue weighted by molar-refractivity contribution is 5.73. The van der Waals surface area contributed by atoms with Crippen LogP contribution in [0.25, 0.3) is 0 Å². The fourth-order valence-corrected chi connectivity index (χ4v) is 1.70. The molecule has 0 unspecified atom stereocenters. The van der Waals surface area contributed by atoms with Crippen molar-refractivity contribution >= 4 is 5.91 Å². The molecule has 17 heavy (non-hydrogen) atoms. The van der Waals surface area contributed by atoms with Gasteiger partial charge in [-0.05, 0) is 5.56 Å². The molecule has 1 amide bonds. The zero-order valence-electron chi connectivity index (χ0n) is 10.00. The number of amides is 1. The second-order valence-electron chi connectivity index (χ2n) is 3.95. The molecule has 4 heteroatoms. The second kappa shape index (κ2) is 4.82. The van der Waals surface area contributed by atoms with E-state index in [-0.39, 0.29) is 5.91 Å². The number of aromatic nitrogens is 2. The lowest BCUT2D eigenvalue weighted by Crippen LogP contribution is -2.25. The Morgan fingerprint density at radius 2 is 1.94 bits per heavy atom. The lowest BCUT2D eigenvalue weighted by Gasteiger charge is -2.03. The molecule has 0 spiro atoms. The van der Waals surface area contributed by atoms with E-state index in [1.807, 2.05) is 46.8 Å². The Morgan fingerprint density at radius 3 is 2.59 bits per heavy atom. The quantitative estimate of drug-likeness (QED) is 0.765. The van der Waals surface area contributed by atoms with Crippen LogP contribution in [-0.2, 0) is 18.4 Å². The highest BCUT2D eigenvalue weighted by Crippen LogP contribution is 2.00. The van der Waals surface area contributed by atoms with Crippen LogP contribution in [0.3, 0.4) is 0 Å². The van der Waals surface area contributed by atoms with Gasteiger partial charge >= 0.3 is 0 Å². The first kappa shape index (κ1) is 11.4. The SMILES string of the molecule is CC(=O)N=c1n(C)ccn1Cc1ccccc1. The second-order valence-corrected chi connectivity index (χ2v) is 3.95. The summed E-state index contributed by atoms with van der Waals surface area (Å²) in [7, 11) is 1.88. The summed E-state index contributed by atoms with van der Waals surface area (Å²) in [5.74, 6) is -0.186. The molecule has 1 heterocycles. The Balaban J connectivity index is 2.38. The number of aryl methyl sites for hydroxylation is 1. The van der Waals surface area contributed by atoms with Crippen molar-refractivity contribution in [2.45, 2.75) is 13.5 Å². The summed E-state index contributed by atoms with van der Waals surface area (Å²) < 4.78 is 3.79. The molecule has 0 aliphatic rings. The van der Waals surface area contributed by atoms with Crippen molar-refractivity contribution in [2.75, 3.05) is 0 Å². The van der Waals surface area contributed by atoms with Gasteiger partial charge in [-0.3, -0.25) is 4.79 Å². The molecule has 2 aromatic rings. The molecule has 0 saturated heterocycles. The largest absolute Gasteiger partial charge is 0.320 e. The zero-order valence-corrected chi connectivity index (χ0v) is 10.00. The van der Waals surface area contributed by atoms with Crippen molar-refractivity contribution in [3.63, 3.8) is 0 Å². The first-order chi connectivity index (χ1) is 8.16. The van der Waals surface area contributed by atoms with E-state index >= 15 is 0 Å². The highest BCUT2D eigenvalue weighted by Gasteiger charge is 2.00. The van der Waals surface area contributed by atoms with E-state index in [2.05, 4.69) is 17.1 Å². The summed E-state index contributed by atoms with van der Waals surface area (Å²) >= 11 is 0. The Labute approximate surface area is 99.9 Å². The average molecular weight is 229 g/mol. The number of rotatable bonds is 2. The summed E-state index contributed by atoms with van der Waals surface area (Å²) in [5, 5.41) is 0. The Kier molecular flexibility index (Phi) is 3.23. The Bertz CT molecular complexity index is 578. The van der Waals surface area contributed by atoms with Crippen LogP contribution in [0.2, 0.25) is 0 Å². The van der Waals surface area contributed by atoms with Gasteiger partial charge in [-0.25, -0.2) is 0 Å². The lowest BCUT2D eigenvalue weighted by atomic mass is 10.2. The van der Waals surface area contributed by atoms with E-state index in [4.69, 9.17) is 0 Å². The summed E-state index contributed by atoms with van der Waals surface area (Å²) in [6.45, 7) is 2.17.